The topological polar surface area (TPSA) is 15.3 Å². The molecule has 96 valence electrons. The van der Waals surface area contributed by atoms with E-state index in [9.17, 15) is 0 Å². The number of benzene rings is 1. The number of nitrogens with one attached hydrogen (secondary N) is 1. The molecule has 1 aliphatic rings. The van der Waals surface area contributed by atoms with Crippen LogP contribution in [0.2, 0.25) is 5.02 Å². The molecule has 1 aliphatic heterocycles. The van der Waals surface area contributed by atoms with Gasteiger partial charge in [-0.25, -0.2) is 0 Å². The summed E-state index contributed by atoms with van der Waals surface area (Å²) in [6.45, 7) is 2.17. The maximum atomic E-state index is 6.27. The van der Waals surface area contributed by atoms with Crippen LogP contribution in [0.15, 0.2) is 18.2 Å². The highest BCUT2D eigenvalue weighted by Crippen LogP contribution is 2.39. The molecule has 0 aliphatic carbocycles. The molecule has 1 N–H and O–H groups in total. The Morgan fingerprint density at radius 1 is 1.53 bits per heavy atom. The van der Waals surface area contributed by atoms with E-state index in [1.54, 1.807) is 0 Å². The number of nitrogens with zero attached hydrogens (tertiary/aromatic N) is 1. The number of anilines is 1. The van der Waals surface area contributed by atoms with Gasteiger partial charge in [0.1, 0.15) is 5.50 Å². The summed E-state index contributed by atoms with van der Waals surface area (Å²) >= 11 is 10.5. The van der Waals surface area contributed by atoms with Crippen molar-refractivity contribution in [3.8, 4) is 0 Å². The Hall–Kier alpha value is 1.08. The molecule has 2 nitrogen and oxygen atoms in total. The van der Waals surface area contributed by atoms with Crippen molar-refractivity contribution < 1.29 is 0 Å². The first-order valence-electron chi connectivity index (χ1n) is 5.09. The van der Waals surface area contributed by atoms with E-state index in [1.807, 2.05) is 23.9 Å². The molecule has 0 saturated carbocycles. The summed E-state index contributed by atoms with van der Waals surface area (Å²) in [7, 11) is 0. The summed E-state index contributed by atoms with van der Waals surface area (Å²) < 4.78 is 0.955. The highest BCUT2D eigenvalue weighted by atomic mass is 127. The van der Waals surface area contributed by atoms with Crippen LogP contribution in [0.25, 0.3) is 0 Å². The zero-order valence-corrected chi connectivity index (χ0v) is 15.7. The molecular formula is C11H15ClI2N2S. The van der Waals surface area contributed by atoms with E-state index in [-0.39, 0.29) is 24.0 Å². The van der Waals surface area contributed by atoms with Gasteiger partial charge < -0.3 is 4.90 Å². The Morgan fingerprint density at radius 2 is 2.24 bits per heavy atom. The quantitative estimate of drug-likeness (QED) is 0.370. The number of hydrogen-bond acceptors (Lipinski definition) is 3. The van der Waals surface area contributed by atoms with Crippen molar-refractivity contribution in [2.45, 2.75) is 18.5 Å². The first-order valence-corrected chi connectivity index (χ1v) is 8.28. The van der Waals surface area contributed by atoms with Gasteiger partial charge in [-0.2, -0.15) is 0 Å². The van der Waals surface area contributed by atoms with Crippen LogP contribution in [0.4, 0.5) is 5.69 Å². The summed E-state index contributed by atoms with van der Waals surface area (Å²) in [5, 5.41) is 4.42. The maximum absolute atomic E-state index is 6.27. The van der Waals surface area contributed by atoms with E-state index >= 15 is 0 Å². The van der Waals surface area contributed by atoms with E-state index in [0.29, 0.717) is 11.5 Å². The second-order valence-corrected chi connectivity index (χ2v) is 5.75. The third-order valence-corrected chi connectivity index (χ3v) is 4.70. The first kappa shape index (κ1) is 16.1. The molecule has 0 bridgehead atoms. The van der Waals surface area contributed by atoms with E-state index < -0.39 is 0 Å². The molecule has 1 aromatic carbocycles. The first-order chi connectivity index (χ1) is 7.69. The minimum Gasteiger partial charge on any atom is -0.338 e. The van der Waals surface area contributed by atoms with Gasteiger partial charge in [-0.3, -0.25) is 5.32 Å². The molecule has 1 aromatic rings. The molecule has 17 heavy (non-hydrogen) atoms. The lowest BCUT2D eigenvalue weighted by Crippen LogP contribution is -2.48. The number of rotatable bonds is 2. The third kappa shape index (κ3) is 3.16. The van der Waals surface area contributed by atoms with Gasteiger partial charge in [0.2, 0.25) is 0 Å². The van der Waals surface area contributed by atoms with Gasteiger partial charge in [-0.1, -0.05) is 40.3 Å². The monoisotopic (exact) mass is 496 g/mol. The van der Waals surface area contributed by atoms with E-state index in [0.717, 1.165) is 9.57 Å². The van der Waals surface area contributed by atoms with Gasteiger partial charge in [-0.15, -0.1) is 35.7 Å². The minimum atomic E-state index is 0. The van der Waals surface area contributed by atoms with Crippen LogP contribution in [0, 0.1) is 0 Å². The smallest absolute Gasteiger partial charge is 0.129 e. The van der Waals surface area contributed by atoms with Gasteiger partial charge in [0.05, 0.1) is 4.55 Å². The van der Waals surface area contributed by atoms with Gasteiger partial charge in [0, 0.05) is 22.3 Å². The fourth-order valence-electron chi connectivity index (χ4n) is 2.04. The highest BCUT2D eigenvalue weighted by molar-refractivity contribution is 14.1. The third-order valence-electron chi connectivity index (χ3n) is 2.80. The standard InChI is InChI=1S/C11H14ClIN2S.HI/c1-7-10-8(12)4-3-5-9(10)15(6-13)11(14-7)16-2;/h3-5,7,11,14H,6H2,1-2H3;1H. The van der Waals surface area contributed by atoms with Crippen LogP contribution in [-0.2, 0) is 0 Å². The summed E-state index contributed by atoms with van der Waals surface area (Å²) in [5.74, 6) is 0. The molecule has 0 spiro atoms. The van der Waals surface area contributed by atoms with E-state index in [2.05, 4.69) is 52.1 Å². The number of alkyl halides is 1. The summed E-state index contributed by atoms with van der Waals surface area (Å²) in [4.78, 5) is 2.34. The SMILES string of the molecule is CSC1NC(C)c2c(Cl)cccc2N1CI.I. The van der Waals surface area contributed by atoms with Gasteiger partial charge in [0.25, 0.3) is 0 Å². The van der Waals surface area contributed by atoms with Crippen molar-refractivity contribution >= 4 is 75.6 Å². The average molecular weight is 497 g/mol. The van der Waals surface area contributed by atoms with Gasteiger partial charge in [0.15, 0.2) is 0 Å². The molecule has 2 atom stereocenters. The Balaban J connectivity index is 0.00000144. The lowest BCUT2D eigenvalue weighted by Gasteiger charge is -2.40. The largest absolute Gasteiger partial charge is 0.338 e. The van der Waals surface area contributed by atoms with Crippen LogP contribution in [0.5, 0.6) is 0 Å². The predicted octanol–water partition coefficient (Wildman–Crippen LogP) is 4.47. The molecule has 2 rings (SSSR count). The molecule has 0 amide bonds. The van der Waals surface area contributed by atoms with Crippen molar-refractivity contribution in [2.75, 3.05) is 15.7 Å². The molecule has 0 radical (unpaired) electrons. The highest BCUT2D eigenvalue weighted by Gasteiger charge is 2.29. The Bertz CT molecular complexity index is 392. The summed E-state index contributed by atoms with van der Waals surface area (Å²) in [6, 6.07) is 6.44. The van der Waals surface area contributed by atoms with Crippen molar-refractivity contribution in [1.29, 1.82) is 0 Å². The van der Waals surface area contributed by atoms with Crippen LogP contribution in [0.1, 0.15) is 18.5 Å². The number of fused-ring (bicyclic) bond motifs is 1. The predicted molar refractivity (Wildman–Crippen MR) is 97.1 cm³/mol. The van der Waals surface area contributed by atoms with Crippen molar-refractivity contribution in [2.24, 2.45) is 0 Å². The number of hydrogen-bond donors (Lipinski definition) is 1. The summed E-state index contributed by atoms with van der Waals surface area (Å²) in [5.41, 5.74) is 2.80. The molecule has 0 fully saturated rings. The zero-order valence-electron chi connectivity index (χ0n) is 9.61. The van der Waals surface area contributed by atoms with E-state index in [4.69, 9.17) is 11.6 Å². The van der Waals surface area contributed by atoms with E-state index in [1.165, 1.54) is 11.3 Å². The molecular weight excluding hydrogens is 481 g/mol. The zero-order chi connectivity index (χ0) is 11.7. The second kappa shape index (κ2) is 7.02. The van der Waals surface area contributed by atoms with Crippen molar-refractivity contribution in [3.05, 3.63) is 28.8 Å². The van der Waals surface area contributed by atoms with Crippen LogP contribution in [-0.4, -0.2) is 16.3 Å². The lowest BCUT2D eigenvalue weighted by molar-refractivity contribution is 0.517. The fourth-order valence-corrected chi connectivity index (χ4v) is 4.19. The second-order valence-electron chi connectivity index (χ2n) is 3.74. The van der Waals surface area contributed by atoms with Crippen molar-refractivity contribution in [1.82, 2.24) is 5.32 Å². The molecule has 2 unspecified atom stereocenters. The summed E-state index contributed by atoms with van der Waals surface area (Å²) in [6.07, 6.45) is 2.12. The normalized spacial score (nSPS) is 22.9. The average Bonchev–Trinajstić information content (AvgIpc) is 2.28. The Kier molecular flexibility index (Phi) is 6.66. The van der Waals surface area contributed by atoms with Gasteiger partial charge in [-0.05, 0) is 25.3 Å². The minimum absolute atomic E-state index is 0. The van der Waals surface area contributed by atoms with Crippen LogP contribution >= 0.6 is 69.9 Å². The van der Waals surface area contributed by atoms with Gasteiger partial charge >= 0.3 is 0 Å². The maximum Gasteiger partial charge on any atom is 0.129 e. The molecule has 1 heterocycles. The molecule has 0 saturated heterocycles. The van der Waals surface area contributed by atoms with Crippen LogP contribution < -0.4 is 10.2 Å². The Morgan fingerprint density at radius 3 is 2.82 bits per heavy atom. The number of halogens is 3. The fraction of sp³-hybridized carbons (Fsp3) is 0.455. The Labute approximate surface area is 142 Å². The molecule has 6 heteroatoms. The molecule has 0 aromatic heterocycles. The lowest BCUT2D eigenvalue weighted by atomic mass is 10.0. The van der Waals surface area contributed by atoms with Crippen LogP contribution in [0.3, 0.4) is 0 Å². The number of thioether (sulfide) groups is 1. The van der Waals surface area contributed by atoms with Crippen molar-refractivity contribution in [3.63, 3.8) is 0 Å².